The van der Waals surface area contributed by atoms with E-state index in [9.17, 15) is 4.79 Å². The molecule has 1 saturated heterocycles. The molecule has 1 fully saturated rings. The summed E-state index contributed by atoms with van der Waals surface area (Å²) in [6.45, 7) is 5.60. The molecule has 19 heavy (non-hydrogen) atoms. The van der Waals surface area contributed by atoms with Crippen LogP contribution in [-0.2, 0) is 4.79 Å². The van der Waals surface area contributed by atoms with Crippen molar-refractivity contribution in [2.45, 2.75) is 45.6 Å². The summed E-state index contributed by atoms with van der Waals surface area (Å²) >= 11 is 0. The molecule has 0 aromatic rings. The first-order valence-electron chi connectivity index (χ1n) is 6.82. The van der Waals surface area contributed by atoms with Crippen LogP contribution < -0.4 is 11.1 Å². The minimum Gasteiger partial charge on any atom is -0.409 e. The Morgan fingerprint density at radius 1 is 1.63 bits per heavy atom. The van der Waals surface area contributed by atoms with Gasteiger partial charge in [0, 0.05) is 31.5 Å². The molecule has 0 radical (unpaired) electrons. The summed E-state index contributed by atoms with van der Waals surface area (Å²) in [6.07, 6.45) is 3.35. The molecule has 0 spiro atoms. The van der Waals surface area contributed by atoms with E-state index in [2.05, 4.69) is 10.5 Å². The van der Waals surface area contributed by atoms with E-state index in [1.165, 1.54) is 0 Å². The Hall–Kier alpha value is -1.30. The highest BCUT2D eigenvalue weighted by molar-refractivity contribution is 5.85. The molecule has 1 heterocycles. The van der Waals surface area contributed by atoms with Gasteiger partial charge in [0.1, 0.15) is 5.84 Å². The van der Waals surface area contributed by atoms with Crippen LogP contribution in [0.25, 0.3) is 0 Å². The van der Waals surface area contributed by atoms with Crippen LogP contribution in [0, 0.1) is 5.41 Å². The number of hydrogen-bond acceptors (Lipinski definition) is 4. The molecule has 1 atom stereocenters. The van der Waals surface area contributed by atoms with Crippen molar-refractivity contribution in [1.29, 1.82) is 0 Å². The van der Waals surface area contributed by atoms with Gasteiger partial charge in [0.05, 0.1) is 0 Å². The first kappa shape index (κ1) is 15.8. The lowest BCUT2D eigenvalue weighted by molar-refractivity contribution is -0.132. The Bertz CT molecular complexity index is 342. The molecule has 1 aliphatic rings. The Morgan fingerprint density at radius 3 is 2.89 bits per heavy atom. The Balaban J connectivity index is 2.23. The van der Waals surface area contributed by atoms with Crippen molar-refractivity contribution in [3.63, 3.8) is 0 Å². The molecule has 0 bridgehead atoms. The average molecular weight is 270 g/mol. The maximum atomic E-state index is 11.4. The normalized spacial score (nSPS) is 21.8. The fourth-order valence-electron chi connectivity index (χ4n) is 2.28. The van der Waals surface area contributed by atoms with Crippen LogP contribution in [0.4, 0.5) is 0 Å². The van der Waals surface area contributed by atoms with Crippen LogP contribution in [0.2, 0.25) is 0 Å². The number of oxime groups is 1. The van der Waals surface area contributed by atoms with E-state index < -0.39 is 0 Å². The third kappa shape index (κ3) is 4.70. The highest BCUT2D eigenvalue weighted by Crippen LogP contribution is 2.22. The highest BCUT2D eigenvalue weighted by atomic mass is 16.4. The van der Waals surface area contributed by atoms with Crippen molar-refractivity contribution in [2.24, 2.45) is 16.3 Å². The van der Waals surface area contributed by atoms with Gasteiger partial charge in [-0.3, -0.25) is 4.79 Å². The predicted molar refractivity (Wildman–Crippen MR) is 75.1 cm³/mol. The van der Waals surface area contributed by atoms with E-state index in [4.69, 9.17) is 10.9 Å². The number of amides is 1. The molecule has 1 unspecified atom stereocenters. The van der Waals surface area contributed by atoms with Crippen molar-refractivity contribution in [3.05, 3.63) is 0 Å². The van der Waals surface area contributed by atoms with Crippen LogP contribution in [0.15, 0.2) is 5.16 Å². The number of piperidine rings is 1. The van der Waals surface area contributed by atoms with E-state index in [1.54, 1.807) is 4.90 Å². The van der Waals surface area contributed by atoms with Gasteiger partial charge in [0.2, 0.25) is 5.91 Å². The van der Waals surface area contributed by atoms with Gasteiger partial charge in [0.25, 0.3) is 0 Å². The van der Waals surface area contributed by atoms with E-state index in [1.807, 2.05) is 20.9 Å². The molecular weight excluding hydrogens is 244 g/mol. The summed E-state index contributed by atoms with van der Waals surface area (Å²) in [4.78, 5) is 13.1. The van der Waals surface area contributed by atoms with Gasteiger partial charge >= 0.3 is 0 Å². The van der Waals surface area contributed by atoms with Crippen molar-refractivity contribution < 1.29 is 10.0 Å². The molecule has 6 heteroatoms. The molecule has 0 aliphatic carbocycles. The maximum absolute atomic E-state index is 11.4. The smallest absolute Gasteiger partial charge is 0.222 e. The number of amidine groups is 1. The number of nitrogens with one attached hydrogen (secondary N) is 1. The monoisotopic (exact) mass is 270 g/mol. The minimum absolute atomic E-state index is 0.228. The molecule has 1 rings (SSSR count). The lowest BCUT2D eigenvalue weighted by atomic mass is 9.86. The van der Waals surface area contributed by atoms with Gasteiger partial charge in [-0.1, -0.05) is 19.0 Å². The second-order valence-corrected chi connectivity index (χ2v) is 5.94. The van der Waals surface area contributed by atoms with Crippen molar-refractivity contribution in [3.8, 4) is 0 Å². The van der Waals surface area contributed by atoms with Crippen LogP contribution >= 0.6 is 0 Å². The van der Waals surface area contributed by atoms with Gasteiger partial charge in [-0.05, 0) is 25.8 Å². The summed E-state index contributed by atoms with van der Waals surface area (Å²) in [5.41, 5.74) is 5.36. The second kappa shape index (κ2) is 6.75. The lowest BCUT2D eigenvalue weighted by Crippen LogP contribution is -2.47. The van der Waals surface area contributed by atoms with Gasteiger partial charge in [0.15, 0.2) is 0 Å². The Kier molecular flexibility index (Phi) is 5.60. The summed E-state index contributed by atoms with van der Waals surface area (Å²) in [5, 5.41) is 15.2. The molecule has 0 aromatic heterocycles. The van der Waals surface area contributed by atoms with Gasteiger partial charge in [-0.15, -0.1) is 0 Å². The quantitative estimate of drug-likeness (QED) is 0.218. The summed E-state index contributed by atoms with van der Waals surface area (Å²) in [5.74, 6) is 0.501. The highest BCUT2D eigenvalue weighted by Gasteiger charge is 2.24. The molecule has 0 aromatic carbocycles. The number of carbonyl (C=O) groups is 1. The van der Waals surface area contributed by atoms with Crippen LogP contribution in [-0.4, -0.2) is 48.0 Å². The fourth-order valence-corrected chi connectivity index (χ4v) is 2.28. The van der Waals surface area contributed by atoms with Crippen molar-refractivity contribution in [1.82, 2.24) is 10.2 Å². The Labute approximate surface area is 115 Å². The largest absolute Gasteiger partial charge is 0.409 e. The van der Waals surface area contributed by atoms with Gasteiger partial charge < -0.3 is 21.2 Å². The first-order chi connectivity index (χ1) is 8.86. The number of likely N-dealkylation sites (N-methyl/N-ethyl adjacent to an activating group) is 1. The molecule has 4 N–H and O–H groups in total. The number of rotatable bonds is 6. The zero-order valence-electron chi connectivity index (χ0n) is 12.1. The fraction of sp³-hybridized carbons (Fsp3) is 0.846. The molecule has 1 amide bonds. The second-order valence-electron chi connectivity index (χ2n) is 5.94. The third-order valence-corrected chi connectivity index (χ3v) is 3.84. The Morgan fingerprint density at radius 2 is 2.32 bits per heavy atom. The van der Waals surface area contributed by atoms with Crippen LogP contribution in [0.5, 0.6) is 0 Å². The average Bonchev–Trinajstić information content (AvgIpc) is 2.37. The van der Waals surface area contributed by atoms with E-state index in [0.29, 0.717) is 12.5 Å². The minimum atomic E-state index is -0.282. The molecule has 110 valence electrons. The van der Waals surface area contributed by atoms with Crippen LogP contribution in [0.3, 0.4) is 0 Å². The lowest BCUT2D eigenvalue weighted by Gasteiger charge is -2.30. The standard InChI is InChI=1S/C13H26N4O2/c1-13(2,12(14)16-19)7-4-8-15-10-5-6-11(18)17(3)9-10/h10,15,19H,4-9H2,1-3H3,(H2,14,16). The van der Waals surface area contributed by atoms with Gasteiger partial charge in [-0.2, -0.15) is 0 Å². The molecular formula is C13H26N4O2. The van der Waals surface area contributed by atoms with Crippen molar-refractivity contribution in [2.75, 3.05) is 20.1 Å². The molecule has 6 nitrogen and oxygen atoms in total. The maximum Gasteiger partial charge on any atom is 0.222 e. The number of nitrogens with two attached hydrogens (primary N) is 1. The van der Waals surface area contributed by atoms with Crippen molar-refractivity contribution >= 4 is 11.7 Å². The van der Waals surface area contributed by atoms with E-state index in [-0.39, 0.29) is 17.2 Å². The first-order valence-corrected chi connectivity index (χ1v) is 6.82. The number of hydrogen-bond donors (Lipinski definition) is 3. The topological polar surface area (TPSA) is 90.9 Å². The van der Waals surface area contributed by atoms with E-state index in [0.717, 1.165) is 32.4 Å². The number of likely N-dealkylation sites (tertiary alicyclic amines) is 1. The SMILES string of the molecule is CN1CC(NCCCC(C)(C)C(N)=NO)CCC1=O. The number of carbonyl (C=O) groups excluding carboxylic acids is 1. The van der Waals surface area contributed by atoms with Gasteiger partial charge in [-0.25, -0.2) is 0 Å². The van der Waals surface area contributed by atoms with E-state index >= 15 is 0 Å². The third-order valence-electron chi connectivity index (χ3n) is 3.84. The summed E-state index contributed by atoms with van der Waals surface area (Å²) in [7, 11) is 1.84. The summed E-state index contributed by atoms with van der Waals surface area (Å²) < 4.78 is 0. The summed E-state index contributed by atoms with van der Waals surface area (Å²) in [6, 6.07) is 0.384. The molecule has 0 saturated carbocycles. The number of nitrogens with zero attached hydrogens (tertiary/aromatic N) is 2. The predicted octanol–water partition coefficient (Wildman–Crippen LogP) is 0.750. The zero-order chi connectivity index (χ0) is 14.5. The van der Waals surface area contributed by atoms with Crippen LogP contribution in [0.1, 0.15) is 39.5 Å². The zero-order valence-corrected chi connectivity index (χ0v) is 12.1. The molecule has 1 aliphatic heterocycles.